The van der Waals surface area contributed by atoms with Gasteiger partial charge in [-0.1, -0.05) is 12.1 Å². The smallest absolute Gasteiger partial charge is 0.408 e. The average molecular weight is 402 g/mol. The highest BCUT2D eigenvalue weighted by atomic mass is 16.6. The molecule has 0 saturated heterocycles. The van der Waals surface area contributed by atoms with Crippen LogP contribution in [0, 0.1) is 16.7 Å². The van der Waals surface area contributed by atoms with Crippen molar-refractivity contribution < 1.29 is 19.1 Å². The van der Waals surface area contributed by atoms with Crippen LogP contribution >= 0.6 is 0 Å². The van der Waals surface area contributed by atoms with Crippen molar-refractivity contribution in [2.75, 3.05) is 12.0 Å². The zero-order valence-corrected chi connectivity index (χ0v) is 16.9. The van der Waals surface area contributed by atoms with Crippen molar-refractivity contribution in [3.05, 3.63) is 29.8 Å². The van der Waals surface area contributed by atoms with E-state index in [1.54, 1.807) is 58.0 Å². The van der Waals surface area contributed by atoms with Crippen molar-refractivity contribution in [2.24, 2.45) is 10.8 Å². The molecule has 0 aliphatic carbocycles. The maximum Gasteiger partial charge on any atom is 0.408 e. The summed E-state index contributed by atoms with van der Waals surface area (Å²) in [5, 5.41) is 22.3. The van der Waals surface area contributed by atoms with Gasteiger partial charge in [-0.05, 0) is 45.4 Å². The molecule has 1 atom stereocenters. The van der Waals surface area contributed by atoms with Gasteiger partial charge in [0.05, 0.1) is 12.3 Å². The zero-order chi connectivity index (χ0) is 22.0. The van der Waals surface area contributed by atoms with Gasteiger partial charge in [-0.25, -0.2) is 9.59 Å². The summed E-state index contributed by atoms with van der Waals surface area (Å²) in [6, 6.07) is 7.58. The van der Waals surface area contributed by atoms with Gasteiger partial charge in [0.1, 0.15) is 17.7 Å². The van der Waals surface area contributed by atoms with Crippen LogP contribution in [-0.4, -0.2) is 41.9 Å². The summed E-state index contributed by atoms with van der Waals surface area (Å²) in [6.45, 7) is 7.04. The number of nitrogens with two attached hydrogens (primary N) is 1. The molecule has 0 aliphatic heterocycles. The second-order valence-electron chi connectivity index (χ2n) is 6.95. The summed E-state index contributed by atoms with van der Waals surface area (Å²) >= 11 is 0. The standard InChI is InChI=1S/C19H26N6O4/c1-5-28-17(26)14(23-18(27)29-19(2,3)4)10-12-6-8-13(9-7-12)24-25-15(11-20)16(21)22/h6-9,14,24H,5,10H2,1-4H3,(H3,21,22)(H,23,27)/b25-15+. The molecule has 1 unspecified atom stereocenters. The second kappa shape index (κ2) is 10.7. The number of hydrogen-bond donors (Lipinski definition) is 4. The van der Waals surface area contributed by atoms with E-state index in [-0.39, 0.29) is 18.7 Å². The van der Waals surface area contributed by atoms with Crippen LogP contribution in [-0.2, 0) is 20.7 Å². The highest BCUT2D eigenvalue weighted by molar-refractivity contribution is 6.45. The molecule has 5 N–H and O–H groups in total. The number of amidine groups is 1. The number of alkyl carbamates (subject to hydrolysis) is 1. The van der Waals surface area contributed by atoms with E-state index in [0.29, 0.717) is 5.69 Å². The number of esters is 1. The Kier molecular flexibility index (Phi) is 8.61. The Morgan fingerprint density at radius 1 is 1.31 bits per heavy atom. The van der Waals surface area contributed by atoms with Gasteiger partial charge in [0, 0.05) is 6.42 Å². The monoisotopic (exact) mass is 402 g/mol. The predicted octanol–water partition coefficient (Wildman–Crippen LogP) is 1.91. The molecule has 1 rings (SSSR count). The maximum absolute atomic E-state index is 12.2. The van der Waals surface area contributed by atoms with Crippen LogP contribution in [0.3, 0.4) is 0 Å². The maximum atomic E-state index is 12.2. The molecule has 0 spiro atoms. The summed E-state index contributed by atoms with van der Waals surface area (Å²) in [4.78, 5) is 24.2. The Hall–Kier alpha value is -3.61. The number of nitriles is 1. The third-order valence-corrected chi connectivity index (χ3v) is 3.31. The molecule has 0 aliphatic rings. The van der Waals surface area contributed by atoms with Crippen LogP contribution in [0.15, 0.2) is 29.4 Å². The van der Waals surface area contributed by atoms with Crippen LogP contribution in [0.5, 0.6) is 0 Å². The van der Waals surface area contributed by atoms with Crippen LogP contribution in [0.2, 0.25) is 0 Å². The lowest BCUT2D eigenvalue weighted by Gasteiger charge is -2.23. The lowest BCUT2D eigenvalue weighted by Crippen LogP contribution is -2.45. The molecular formula is C19H26N6O4. The number of benzene rings is 1. The third kappa shape index (κ3) is 8.75. The molecule has 10 nitrogen and oxygen atoms in total. The van der Waals surface area contributed by atoms with Crippen LogP contribution in [0.25, 0.3) is 0 Å². The normalized spacial score (nSPS) is 12.3. The van der Waals surface area contributed by atoms with E-state index >= 15 is 0 Å². The fourth-order valence-corrected chi connectivity index (χ4v) is 2.10. The largest absolute Gasteiger partial charge is 0.464 e. The Bertz CT molecular complexity index is 805. The number of rotatable bonds is 8. The lowest BCUT2D eigenvalue weighted by atomic mass is 10.1. The summed E-state index contributed by atoms with van der Waals surface area (Å²) < 4.78 is 10.2. The first kappa shape index (κ1) is 23.4. The van der Waals surface area contributed by atoms with Gasteiger partial charge in [-0.15, -0.1) is 0 Å². The highest BCUT2D eigenvalue weighted by Crippen LogP contribution is 2.13. The van der Waals surface area contributed by atoms with Crippen molar-refractivity contribution in [3.63, 3.8) is 0 Å². The first-order valence-corrected chi connectivity index (χ1v) is 8.89. The number of anilines is 1. The Labute approximate surface area is 169 Å². The van der Waals surface area contributed by atoms with E-state index in [4.69, 9.17) is 25.9 Å². The second-order valence-corrected chi connectivity index (χ2v) is 6.95. The van der Waals surface area contributed by atoms with E-state index in [0.717, 1.165) is 5.56 Å². The molecular weight excluding hydrogens is 376 g/mol. The molecule has 1 aromatic carbocycles. The molecule has 0 saturated carbocycles. The van der Waals surface area contributed by atoms with Gasteiger partial charge in [0.15, 0.2) is 5.84 Å². The number of carbonyl (C=O) groups excluding carboxylic acids is 2. The number of nitrogens with zero attached hydrogens (tertiary/aromatic N) is 2. The predicted molar refractivity (Wildman–Crippen MR) is 109 cm³/mol. The molecule has 156 valence electrons. The fourth-order valence-electron chi connectivity index (χ4n) is 2.10. The topological polar surface area (TPSA) is 163 Å². The number of nitrogens with one attached hydrogen (secondary N) is 3. The van der Waals surface area contributed by atoms with Gasteiger partial charge in [-0.3, -0.25) is 10.8 Å². The van der Waals surface area contributed by atoms with Gasteiger partial charge < -0.3 is 20.5 Å². The summed E-state index contributed by atoms with van der Waals surface area (Å²) in [6.07, 6.45) is -0.519. The van der Waals surface area contributed by atoms with Gasteiger partial charge in [-0.2, -0.15) is 10.4 Å². The first-order valence-electron chi connectivity index (χ1n) is 8.89. The van der Waals surface area contributed by atoms with E-state index in [9.17, 15) is 9.59 Å². The minimum Gasteiger partial charge on any atom is -0.464 e. The molecule has 10 heteroatoms. The number of carbonyl (C=O) groups is 2. The summed E-state index contributed by atoms with van der Waals surface area (Å²) in [7, 11) is 0. The number of hydrazone groups is 1. The zero-order valence-electron chi connectivity index (χ0n) is 16.9. The quantitative estimate of drug-likeness (QED) is 0.223. The Morgan fingerprint density at radius 3 is 2.41 bits per heavy atom. The molecule has 0 heterocycles. The molecule has 0 radical (unpaired) electrons. The van der Waals surface area contributed by atoms with E-state index < -0.39 is 29.5 Å². The SMILES string of the molecule is CCOC(=O)C(Cc1ccc(N/N=C(\C#N)C(=N)N)cc1)NC(=O)OC(C)(C)C. The van der Waals surface area contributed by atoms with E-state index in [1.807, 2.05) is 0 Å². The van der Waals surface area contributed by atoms with Gasteiger partial charge >= 0.3 is 12.1 Å². The van der Waals surface area contributed by atoms with Crippen LogP contribution < -0.4 is 16.5 Å². The molecule has 1 amide bonds. The summed E-state index contributed by atoms with van der Waals surface area (Å²) in [5.41, 5.74) is 8.21. The lowest BCUT2D eigenvalue weighted by molar-refractivity contribution is -0.145. The average Bonchev–Trinajstić information content (AvgIpc) is 2.61. The van der Waals surface area contributed by atoms with Gasteiger partial charge in [0.2, 0.25) is 5.71 Å². The summed E-state index contributed by atoms with van der Waals surface area (Å²) in [5.74, 6) is -1.01. The number of amides is 1. The molecule has 0 bridgehead atoms. The molecule has 0 aromatic heterocycles. The van der Waals surface area contributed by atoms with Gasteiger partial charge in [0.25, 0.3) is 0 Å². The van der Waals surface area contributed by atoms with Crippen molar-refractivity contribution in [3.8, 4) is 6.07 Å². The minimum atomic E-state index is -0.912. The fraction of sp³-hybridized carbons (Fsp3) is 0.421. The van der Waals surface area contributed by atoms with Crippen molar-refractivity contribution in [2.45, 2.75) is 45.8 Å². The van der Waals surface area contributed by atoms with Crippen molar-refractivity contribution >= 4 is 29.3 Å². The minimum absolute atomic E-state index is 0.184. The van der Waals surface area contributed by atoms with E-state index in [1.165, 1.54) is 0 Å². The highest BCUT2D eigenvalue weighted by Gasteiger charge is 2.25. The molecule has 1 aromatic rings. The van der Waals surface area contributed by atoms with Crippen LogP contribution in [0.4, 0.5) is 10.5 Å². The van der Waals surface area contributed by atoms with Crippen molar-refractivity contribution in [1.29, 1.82) is 10.7 Å². The van der Waals surface area contributed by atoms with Crippen molar-refractivity contribution in [1.82, 2.24) is 5.32 Å². The first-order chi connectivity index (χ1) is 13.6. The molecule has 0 fully saturated rings. The van der Waals surface area contributed by atoms with Crippen LogP contribution in [0.1, 0.15) is 33.3 Å². The molecule has 29 heavy (non-hydrogen) atoms. The Morgan fingerprint density at radius 2 is 1.93 bits per heavy atom. The number of ether oxygens (including phenoxy) is 2. The van der Waals surface area contributed by atoms with E-state index in [2.05, 4.69) is 15.8 Å². The number of hydrogen-bond acceptors (Lipinski definition) is 8. The third-order valence-electron chi connectivity index (χ3n) is 3.31. The Balaban J connectivity index is 2.85.